The van der Waals surface area contributed by atoms with Gasteiger partial charge in [-0.2, -0.15) is 0 Å². The molecule has 2 aliphatic rings. The Morgan fingerprint density at radius 3 is 2.71 bits per heavy atom. The standard InChI is InChI=1S/C14H28N2O/c1-3-11-4-5-12(9-15)14(8-11)16(2)13-6-7-17-10-13/h11-14H,3-10,15H2,1-2H3. The molecule has 1 heterocycles. The van der Waals surface area contributed by atoms with E-state index in [9.17, 15) is 0 Å². The summed E-state index contributed by atoms with van der Waals surface area (Å²) in [6.07, 6.45) is 6.55. The van der Waals surface area contributed by atoms with E-state index in [0.717, 1.165) is 25.7 Å². The minimum Gasteiger partial charge on any atom is -0.380 e. The molecule has 0 spiro atoms. The van der Waals surface area contributed by atoms with Gasteiger partial charge in [0.15, 0.2) is 0 Å². The van der Waals surface area contributed by atoms with Crippen LogP contribution in [0.3, 0.4) is 0 Å². The number of rotatable bonds is 4. The predicted octanol–water partition coefficient (Wildman–Crippen LogP) is 1.86. The molecule has 0 radical (unpaired) electrons. The van der Waals surface area contributed by atoms with Gasteiger partial charge in [0.05, 0.1) is 6.61 Å². The van der Waals surface area contributed by atoms with E-state index in [-0.39, 0.29) is 0 Å². The minimum atomic E-state index is 0.629. The van der Waals surface area contributed by atoms with Crippen LogP contribution in [0.4, 0.5) is 0 Å². The number of nitrogens with zero attached hydrogens (tertiary/aromatic N) is 1. The van der Waals surface area contributed by atoms with E-state index in [4.69, 9.17) is 10.5 Å². The highest BCUT2D eigenvalue weighted by Crippen LogP contribution is 2.34. The van der Waals surface area contributed by atoms with Gasteiger partial charge in [0.25, 0.3) is 0 Å². The molecule has 4 unspecified atom stereocenters. The Bertz CT molecular complexity index is 228. The summed E-state index contributed by atoms with van der Waals surface area (Å²) < 4.78 is 5.52. The molecule has 0 aromatic rings. The van der Waals surface area contributed by atoms with E-state index in [2.05, 4.69) is 18.9 Å². The van der Waals surface area contributed by atoms with Crippen molar-refractivity contribution in [1.82, 2.24) is 4.90 Å². The molecule has 1 saturated heterocycles. The van der Waals surface area contributed by atoms with Crippen LogP contribution in [-0.2, 0) is 4.74 Å². The molecule has 0 aromatic carbocycles. The van der Waals surface area contributed by atoms with Gasteiger partial charge in [-0.25, -0.2) is 0 Å². The first kappa shape index (κ1) is 13.3. The van der Waals surface area contributed by atoms with Crippen LogP contribution in [-0.4, -0.2) is 43.8 Å². The van der Waals surface area contributed by atoms with Crippen molar-refractivity contribution in [2.24, 2.45) is 17.6 Å². The van der Waals surface area contributed by atoms with E-state index in [1.807, 2.05) is 0 Å². The van der Waals surface area contributed by atoms with E-state index in [1.54, 1.807) is 0 Å². The van der Waals surface area contributed by atoms with Gasteiger partial charge in [0.1, 0.15) is 0 Å². The number of hydrogen-bond donors (Lipinski definition) is 1. The van der Waals surface area contributed by atoms with Gasteiger partial charge in [0.2, 0.25) is 0 Å². The number of likely N-dealkylation sites (N-methyl/N-ethyl adjacent to an activating group) is 1. The van der Waals surface area contributed by atoms with E-state index in [1.165, 1.54) is 32.1 Å². The largest absolute Gasteiger partial charge is 0.380 e. The number of nitrogens with two attached hydrogens (primary N) is 1. The summed E-state index contributed by atoms with van der Waals surface area (Å²) in [5.41, 5.74) is 5.96. The number of ether oxygens (including phenoxy) is 1. The van der Waals surface area contributed by atoms with Crippen LogP contribution in [0.15, 0.2) is 0 Å². The van der Waals surface area contributed by atoms with E-state index >= 15 is 0 Å². The van der Waals surface area contributed by atoms with Crippen LogP contribution in [0, 0.1) is 11.8 Å². The van der Waals surface area contributed by atoms with Crippen LogP contribution in [0.1, 0.15) is 39.0 Å². The molecular weight excluding hydrogens is 212 g/mol. The third-order valence-corrected chi connectivity index (χ3v) is 4.95. The fourth-order valence-corrected chi connectivity index (χ4v) is 3.55. The highest BCUT2D eigenvalue weighted by Gasteiger charge is 2.35. The average Bonchev–Trinajstić information content (AvgIpc) is 2.91. The summed E-state index contributed by atoms with van der Waals surface area (Å²) >= 11 is 0. The Morgan fingerprint density at radius 2 is 2.12 bits per heavy atom. The number of hydrogen-bond acceptors (Lipinski definition) is 3. The molecule has 2 N–H and O–H groups in total. The molecule has 1 aliphatic heterocycles. The van der Waals surface area contributed by atoms with Crippen molar-refractivity contribution in [1.29, 1.82) is 0 Å². The molecule has 100 valence electrons. The van der Waals surface area contributed by atoms with Crippen molar-refractivity contribution < 1.29 is 4.74 Å². The second kappa shape index (κ2) is 6.17. The maximum Gasteiger partial charge on any atom is 0.0622 e. The Labute approximate surface area is 106 Å². The van der Waals surface area contributed by atoms with Gasteiger partial charge >= 0.3 is 0 Å². The summed E-state index contributed by atoms with van der Waals surface area (Å²) in [5.74, 6) is 1.61. The Hall–Kier alpha value is -0.120. The van der Waals surface area contributed by atoms with Crippen LogP contribution in [0.25, 0.3) is 0 Å². The lowest BCUT2D eigenvalue weighted by Gasteiger charge is -2.43. The van der Waals surface area contributed by atoms with Gasteiger partial charge in [-0.15, -0.1) is 0 Å². The van der Waals surface area contributed by atoms with Gasteiger partial charge in [-0.05, 0) is 44.7 Å². The fourth-order valence-electron chi connectivity index (χ4n) is 3.55. The van der Waals surface area contributed by atoms with Crippen LogP contribution >= 0.6 is 0 Å². The lowest BCUT2D eigenvalue weighted by atomic mass is 9.76. The first-order valence-corrected chi connectivity index (χ1v) is 7.26. The van der Waals surface area contributed by atoms with Crippen molar-refractivity contribution in [3.05, 3.63) is 0 Å². The Morgan fingerprint density at radius 1 is 1.29 bits per heavy atom. The molecule has 0 aromatic heterocycles. The maximum absolute atomic E-state index is 5.96. The molecular formula is C14H28N2O. The molecule has 2 rings (SSSR count). The summed E-state index contributed by atoms with van der Waals surface area (Å²) in [4.78, 5) is 2.58. The zero-order chi connectivity index (χ0) is 12.3. The van der Waals surface area contributed by atoms with Gasteiger partial charge in [-0.3, -0.25) is 4.90 Å². The monoisotopic (exact) mass is 240 g/mol. The molecule has 1 saturated carbocycles. The van der Waals surface area contributed by atoms with E-state index in [0.29, 0.717) is 18.0 Å². The average molecular weight is 240 g/mol. The van der Waals surface area contributed by atoms with E-state index < -0.39 is 0 Å². The second-order valence-electron chi connectivity index (χ2n) is 5.83. The molecule has 0 bridgehead atoms. The molecule has 3 nitrogen and oxygen atoms in total. The van der Waals surface area contributed by atoms with Crippen molar-refractivity contribution in [2.75, 3.05) is 26.8 Å². The van der Waals surface area contributed by atoms with Crippen molar-refractivity contribution in [3.63, 3.8) is 0 Å². The third kappa shape index (κ3) is 3.01. The summed E-state index contributed by atoms with van der Waals surface area (Å²) in [6.45, 7) is 5.02. The maximum atomic E-state index is 5.96. The lowest BCUT2D eigenvalue weighted by Crippen LogP contribution is -2.49. The van der Waals surface area contributed by atoms with Gasteiger partial charge in [-0.1, -0.05) is 19.8 Å². The molecule has 0 amide bonds. The highest BCUT2D eigenvalue weighted by molar-refractivity contribution is 4.89. The zero-order valence-corrected chi connectivity index (χ0v) is 11.4. The second-order valence-corrected chi connectivity index (χ2v) is 5.83. The molecule has 4 atom stereocenters. The minimum absolute atomic E-state index is 0.629. The highest BCUT2D eigenvalue weighted by atomic mass is 16.5. The van der Waals surface area contributed by atoms with Crippen LogP contribution in [0.5, 0.6) is 0 Å². The molecule has 2 fully saturated rings. The van der Waals surface area contributed by atoms with Crippen LogP contribution < -0.4 is 5.73 Å². The Balaban J connectivity index is 1.98. The first-order chi connectivity index (χ1) is 8.26. The Kier molecular flexibility index (Phi) is 4.83. The van der Waals surface area contributed by atoms with Gasteiger partial charge < -0.3 is 10.5 Å². The summed E-state index contributed by atoms with van der Waals surface area (Å²) in [5, 5.41) is 0. The molecule has 3 heteroatoms. The molecule has 17 heavy (non-hydrogen) atoms. The quantitative estimate of drug-likeness (QED) is 0.815. The summed E-state index contributed by atoms with van der Waals surface area (Å²) in [6, 6.07) is 1.31. The lowest BCUT2D eigenvalue weighted by molar-refractivity contribution is 0.0608. The SMILES string of the molecule is CCC1CCC(CN)C(N(C)C2CCOC2)C1. The molecule has 1 aliphatic carbocycles. The van der Waals surface area contributed by atoms with Crippen molar-refractivity contribution in [2.45, 2.75) is 51.1 Å². The smallest absolute Gasteiger partial charge is 0.0622 e. The first-order valence-electron chi connectivity index (χ1n) is 7.26. The zero-order valence-electron chi connectivity index (χ0n) is 11.4. The fraction of sp³-hybridized carbons (Fsp3) is 1.00. The van der Waals surface area contributed by atoms with Crippen LogP contribution in [0.2, 0.25) is 0 Å². The third-order valence-electron chi connectivity index (χ3n) is 4.95. The summed E-state index contributed by atoms with van der Waals surface area (Å²) in [7, 11) is 2.28. The predicted molar refractivity (Wildman–Crippen MR) is 71.0 cm³/mol. The normalized spacial score (nSPS) is 38.8. The van der Waals surface area contributed by atoms with Crippen molar-refractivity contribution in [3.8, 4) is 0 Å². The van der Waals surface area contributed by atoms with Crippen molar-refractivity contribution >= 4 is 0 Å². The topological polar surface area (TPSA) is 38.5 Å². The van der Waals surface area contributed by atoms with Gasteiger partial charge in [0, 0.05) is 18.7 Å².